The Bertz CT molecular complexity index is 402. The van der Waals surface area contributed by atoms with Crippen LogP contribution >= 0.6 is 11.3 Å². The van der Waals surface area contributed by atoms with Crippen LogP contribution in [0, 0.1) is 0 Å². The molecule has 2 heterocycles. The number of rotatable bonds is 4. The van der Waals surface area contributed by atoms with Crippen molar-refractivity contribution in [1.82, 2.24) is 4.98 Å². The molecule has 1 atom stereocenters. The Hall–Kier alpha value is -1.14. The van der Waals surface area contributed by atoms with E-state index in [4.69, 9.17) is 4.74 Å². The summed E-state index contributed by atoms with van der Waals surface area (Å²) in [6.07, 6.45) is 3.75. The van der Waals surface area contributed by atoms with Crippen LogP contribution in [0.25, 0.3) is 0 Å². The molecule has 0 saturated carbocycles. The zero-order valence-corrected chi connectivity index (χ0v) is 11.5. The fourth-order valence-electron chi connectivity index (χ4n) is 1.97. The highest BCUT2D eigenvalue weighted by molar-refractivity contribution is 7.13. The maximum Gasteiger partial charge on any atom is 0.357 e. The number of thiazole rings is 1. The van der Waals surface area contributed by atoms with Gasteiger partial charge in [-0.1, -0.05) is 0 Å². The minimum absolute atomic E-state index is 0.272. The van der Waals surface area contributed by atoms with E-state index in [1.54, 1.807) is 5.38 Å². The summed E-state index contributed by atoms with van der Waals surface area (Å²) in [5.41, 5.74) is 0.369. The molecule has 1 aromatic rings. The molecular weight excluding hydrogens is 252 g/mol. The van der Waals surface area contributed by atoms with Gasteiger partial charge in [0.15, 0.2) is 10.8 Å². The SMILES string of the molecule is COC(=O)c1csc(N(C)CC2CCCCO2)n1. The maximum absolute atomic E-state index is 11.3. The number of aromatic nitrogens is 1. The lowest BCUT2D eigenvalue weighted by Crippen LogP contribution is -2.33. The van der Waals surface area contributed by atoms with Gasteiger partial charge in [-0.05, 0) is 19.3 Å². The van der Waals surface area contributed by atoms with Gasteiger partial charge in [-0.3, -0.25) is 0 Å². The summed E-state index contributed by atoms with van der Waals surface area (Å²) < 4.78 is 10.3. The highest BCUT2D eigenvalue weighted by Gasteiger charge is 2.19. The van der Waals surface area contributed by atoms with Crippen molar-refractivity contribution in [3.05, 3.63) is 11.1 Å². The molecule has 1 aliphatic heterocycles. The van der Waals surface area contributed by atoms with Crippen LogP contribution in [0.5, 0.6) is 0 Å². The number of hydrogen-bond acceptors (Lipinski definition) is 6. The fourth-order valence-corrected chi connectivity index (χ4v) is 2.74. The van der Waals surface area contributed by atoms with Crippen LogP contribution in [-0.4, -0.2) is 44.4 Å². The first-order chi connectivity index (χ1) is 8.70. The van der Waals surface area contributed by atoms with E-state index in [9.17, 15) is 4.79 Å². The van der Waals surface area contributed by atoms with Crippen LogP contribution in [0.15, 0.2) is 5.38 Å². The van der Waals surface area contributed by atoms with Gasteiger partial charge in [0.2, 0.25) is 0 Å². The van der Waals surface area contributed by atoms with Gasteiger partial charge in [0.1, 0.15) is 0 Å². The van der Waals surface area contributed by atoms with E-state index < -0.39 is 0 Å². The Morgan fingerprint density at radius 1 is 1.67 bits per heavy atom. The standard InChI is InChI=1S/C12H18N2O3S/c1-14(7-9-5-3-4-6-17-9)12-13-10(8-18-12)11(15)16-2/h8-9H,3-7H2,1-2H3. The third-order valence-corrected chi connectivity index (χ3v) is 3.92. The molecule has 0 aromatic carbocycles. The van der Waals surface area contributed by atoms with Gasteiger partial charge in [-0.15, -0.1) is 11.3 Å². The van der Waals surface area contributed by atoms with E-state index in [1.807, 2.05) is 11.9 Å². The molecule has 1 aromatic heterocycles. The van der Waals surface area contributed by atoms with Crippen molar-refractivity contribution in [2.24, 2.45) is 0 Å². The number of esters is 1. The van der Waals surface area contributed by atoms with Crippen LogP contribution in [0.1, 0.15) is 29.8 Å². The molecule has 0 spiro atoms. The Labute approximate surface area is 111 Å². The zero-order chi connectivity index (χ0) is 13.0. The maximum atomic E-state index is 11.3. The fraction of sp³-hybridized carbons (Fsp3) is 0.667. The molecule has 0 aliphatic carbocycles. The predicted octanol–water partition coefficient (Wildman–Crippen LogP) is 1.94. The number of anilines is 1. The average Bonchev–Trinajstić information content (AvgIpc) is 2.88. The number of carbonyl (C=O) groups excluding carboxylic acids is 1. The lowest BCUT2D eigenvalue weighted by molar-refractivity contribution is 0.0216. The summed E-state index contributed by atoms with van der Waals surface area (Å²) >= 11 is 1.45. The van der Waals surface area contributed by atoms with E-state index in [1.165, 1.54) is 24.9 Å². The molecule has 0 radical (unpaired) electrons. The number of nitrogens with zero attached hydrogens (tertiary/aromatic N) is 2. The molecule has 2 rings (SSSR count). The highest BCUT2D eigenvalue weighted by Crippen LogP contribution is 2.22. The Morgan fingerprint density at radius 2 is 2.50 bits per heavy atom. The van der Waals surface area contributed by atoms with E-state index in [-0.39, 0.29) is 12.1 Å². The van der Waals surface area contributed by atoms with E-state index >= 15 is 0 Å². The number of carbonyl (C=O) groups is 1. The van der Waals surface area contributed by atoms with Crippen LogP contribution in [0.4, 0.5) is 5.13 Å². The normalized spacial score (nSPS) is 19.6. The summed E-state index contributed by atoms with van der Waals surface area (Å²) in [4.78, 5) is 17.6. The quantitative estimate of drug-likeness (QED) is 0.783. The largest absolute Gasteiger partial charge is 0.464 e. The molecule has 1 saturated heterocycles. The second kappa shape index (κ2) is 6.15. The minimum atomic E-state index is -0.389. The second-order valence-electron chi connectivity index (χ2n) is 4.38. The van der Waals surface area contributed by atoms with Crippen molar-refractivity contribution in [1.29, 1.82) is 0 Å². The first-order valence-corrected chi connectivity index (χ1v) is 6.95. The lowest BCUT2D eigenvalue weighted by atomic mass is 10.1. The van der Waals surface area contributed by atoms with Gasteiger partial charge in [-0.25, -0.2) is 9.78 Å². The molecule has 6 heteroatoms. The summed E-state index contributed by atoms with van der Waals surface area (Å²) in [5, 5.41) is 2.55. The number of hydrogen-bond donors (Lipinski definition) is 0. The zero-order valence-electron chi connectivity index (χ0n) is 10.7. The molecule has 100 valence electrons. The Balaban J connectivity index is 1.93. The summed E-state index contributed by atoms with van der Waals surface area (Å²) in [5.74, 6) is -0.389. The van der Waals surface area contributed by atoms with Crippen molar-refractivity contribution in [3.8, 4) is 0 Å². The van der Waals surface area contributed by atoms with Gasteiger partial charge < -0.3 is 14.4 Å². The molecule has 1 fully saturated rings. The molecule has 0 bridgehead atoms. The first-order valence-electron chi connectivity index (χ1n) is 6.07. The smallest absolute Gasteiger partial charge is 0.357 e. The second-order valence-corrected chi connectivity index (χ2v) is 5.21. The van der Waals surface area contributed by atoms with Gasteiger partial charge >= 0.3 is 5.97 Å². The van der Waals surface area contributed by atoms with E-state index in [2.05, 4.69) is 9.72 Å². The number of methoxy groups -OCH3 is 1. The number of likely N-dealkylation sites (N-methyl/N-ethyl adjacent to an activating group) is 1. The first kappa shape index (κ1) is 13.3. The van der Waals surface area contributed by atoms with Gasteiger partial charge in [0, 0.05) is 25.6 Å². The average molecular weight is 270 g/mol. The van der Waals surface area contributed by atoms with Crippen molar-refractivity contribution >= 4 is 22.4 Å². The predicted molar refractivity (Wildman–Crippen MR) is 70.3 cm³/mol. The van der Waals surface area contributed by atoms with Crippen molar-refractivity contribution in [2.75, 3.05) is 32.2 Å². The van der Waals surface area contributed by atoms with Crippen LogP contribution in [0.2, 0.25) is 0 Å². The van der Waals surface area contributed by atoms with E-state index in [0.29, 0.717) is 5.69 Å². The molecule has 1 unspecified atom stereocenters. The topological polar surface area (TPSA) is 51.7 Å². The number of ether oxygens (including phenoxy) is 2. The Morgan fingerprint density at radius 3 is 3.17 bits per heavy atom. The van der Waals surface area contributed by atoms with Crippen LogP contribution < -0.4 is 4.90 Å². The molecule has 5 nitrogen and oxygen atoms in total. The highest BCUT2D eigenvalue weighted by atomic mass is 32.1. The molecule has 18 heavy (non-hydrogen) atoms. The Kier molecular flexibility index (Phi) is 4.54. The minimum Gasteiger partial charge on any atom is -0.464 e. The van der Waals surface area contributed by atoms with Crippen molar-refractivity contribution in [3.63, 3.8) is 0 Å². The molecule has 1 aliphatic rings. The lowest BCUT2D eigenvalue weighted by Gasteiger charge is -2.27. The van der Waals surface area contributed by atoms with Crippen LogP contribution in [-0.2, 0) is 9.47 Å². The third-order valence-electron chi connectivity index (χ3n) is 2.96. The van der Waals surface area contributed by atoms with Gasteiger partial charge in [0.25, 0.3) is 0 Å². The van der Waals surface area contributed by atoms with Gasteiger partial charge in [0.05, 0.1) is 13.2 Å². The summed E-state index contributed by atoms with van der Waals surface area (Å²) in [6.45, 7) is 1.66. The van der Waals surface area contributed by atoms with E-state index in [0.717, 1.165) is 31.1 Å². The van der Waals surface area contributed by atoms with Crippen LogP contribution in [0.3, 0.4) is 0 Å². The molecule has 0 N–H and O–H groups in total. The van der Waals surface area contributed by atoms with Crippen molar-refractivity contribution < 1.29 is 14.3 Å². The molecular formula is C12H18N2O3S. The van der Waals surface area contributed by atoms with Crippen molar-refractivity contribution in [2.45, 2.75) is 25.4 Å². The molecule has 0 amide bonds. The van der Waals surface area contributed by atoms with Gasteiger partial charge in [-0.2, -0.15) is 0 Å². The monoisotopic (exact) mass is 270 g/mol. The summed E-state index contributed by atoms with van der Waals surface area (Å²) in [6, 6.07) is 0. The third kappa shape index (κ3) is 3.20. The summed E-state index contributed by atoms with van der Waals surface area (Å²) in [7, 11) is 3.33.